The van der Waals surface area contributed by atoms with Crippen molar-refractivity contribution in [2.45, 2.75) is 37.8 Å². The van der Waals surface area contributed by atoms with Gasteiger partial charge in [0.1, 0.15) is 11.6 Å². The molecule has 0 radical (unpaired) electrons. The van der Waals surface area contributed by atoms with E-state index in [4.69, 9.17) is 14.7 Å². The van der Waals surface area contributed by atoms with Gasteiger partial charge in [-0.1, -0.05) is 13.0 Å². The van der Waals surface area contributed by atoms with Gasteiger partial charge in [0, 0.05) is 43.6 Å². The average molecular weight is 478 g/mol. The lowest BCUT2D eigenvalue weighted by atomic mass is 9.87. The Morgan fingerprint density at radius 1 is 1.17 bits per heavy atom. The van der Waals surface area contributed by atoms with E-state index >= 15 is 0 Å². The molecule has 2 aliphatic heterocycles. The van der Waals surface area contributed by atoms with Gasteiger partial charge >= 0.3 is 0 Å². The summed E-state index contributed by atoms with van der Waals surface area (Å²) in [5.74, 6) is 2.28. The van der Waals surface area contributed by atoms with E-state index in [1.54, 1.807) is 7.11 Å². The Morgan fingerprint density at radius 2 is 2.00 bits per heavy atom. The van der Waals surface area contributed by atoms with Crippen LogP contribution in [0.1, 0.15) is 37.1 Å². The maximum Gasteiger partial charge on any atom is 0.229 e. The Morgan fingerprint density at radius 3 is 2.77 bits per heavy atom. The lowest BCUT2D eigenvalue weighted by Gasteiger charge is -2.28. The van der Waals surface area contributed by atoms with Crippen LogP contribution < -0.4 is 15.5 Å². The van der Waals surface area contributed by atoms with Crippen molar-refractivity contribution < 1.29 is 4.74 Å². The van der Waals surface area contributed by atoms with Gasteiger partial charge < -0.3 is 25.2 Å². The fourth-order valence-electron chi connectivity index (χ4n) is 5.09. The number of likely N-dealkylation sites (tertiary alicyclic amines) is 1. The SMILES string of the molecule is CNCc1cccc(N2CC(C)(COC)c3cnc(Nc4cnn(C5CCN(C)CC5)c4)nc32)n1. The van der Waals surface area contributed by atoms with Crippen molar-refractivity contribution in [3.63, 3.8) is 0 Å². The second-order valence-electron chi connectivity index (χ2n) is 9.90. The molecule has 10 heteroatoms. The number of piperidine rings is 1. The Hall–Kier alpha value is -3.08. The third-order valence-corrected chi connectivity index (χ3v) is 6.99. The summed E-state index contributed by atoms with van der Waals surface area (Å²) in [7, 11) is 5.83. The molecule has 5 heterocycles. The number of methoxy groups -OCH3 is 1. The Balaban J connectivity index is 1.41. The molecule has 5 rings (SSSR count). The number of rotatable bonds is 8. The average Bonchev–Trinajstić information content (AvgIpc) is 3.43. The Kier molecular flexibility index (Phi) is 6.68. The van der Waals surface area contributed by atoms with Crippen molar-refractivity contribution in [2.75, 3.05) is 57.7 Å². The molecule has 0 saturated carbocycles. The lowest BCUT2D eigenvalue weighted by Crippen LogP contribution is -2.33. The quantitative estimate of drug-likeness (QED) is 0.508. The van der Waals surface area contributed by atoms with E-state index in [-0.39, 0.29) is 5.41 Å². The standard InChI is InChI=1S/C25H35N9O/c1-25(17-35-4)16-33(22-7-5-6-18(29-22)12-26-2)23-21(25)14-27-24(31-23)30-19-13-28-34(15-19)20-8-10-32(3)11-9-20/h5-7,13-15,20,26H,8-12,16-17H2,1-4H3,(H,27,30,31). The first-order chi connectivity index (χ1) is 17.0. The van der Waals surface area contributed by atoms with Crippen LogP contribution in [-0.4, -0.2) is 77.1 Å². The van der Waals surface area contributed by atoms with E-state index in [0.29, 0.717) is 25.1 Å². The molecule has 2 aliphatic rings. The number of nitrogens with zero attached hydrogens (tertiary/aromatic N) is 7. The molecule has 1 saturated heterocycles. The third-order valence-electron chi connectivity index (χ3n) is 6.99. The van der Waals surface area contributed by atoms with Gasteiger partial charge in [-0.15, -0.1) is 0 Å². The molecule has 1 atom stereocenters. The first kappa shape index (κ1) is 23.7. The Bertz CT molecular complexity index is 1160. The number of hydrogen-bond donors (Lipinski definition) is 2. The minimum Gasteiger partial charge on any atom is -0.384 e. The molecule has 0 bridgehead atoms. The summed E-state index contributed by atoms with van der Waals surface area (Å²) < 4.78 is 7.65. The van der Waals surface area contributed by atoms with Crippen molar-refractivity contribution in [1.29, 1.82) is 0 Å². The topological polar surface area (TPSA) is 96.3 Å². The molecule has 1 unspecified atom stereocenters. The first-order valence-corrected chi connectivity index (χ1v) is 12.2. The Labute approximate surface area is 206 Å². The summed E-state index contributed by atoms with van der Waals surface area (Å²) in [6, 6.07) is 6.53. The van der Waals surface area contributed by atoms with Crippen LogP contribution in [0.25, 0.3) is 0 Å². The number of hydrogen-bond acceptors (Lipinski definition) is 9. The summed E-state index contributed by atoms with van der Waals surface area (Å²) in [6.07, 6.45) is 8.05. The third kappa shape index (κ3) is 4.86. The maximum atomic E-state index is 5.58. The maximum absolute atomic E-state index is 5.58. The van der Waals surface area contributed by atoms with E-state index in [9.17, 15) is 0 Å². The molecule has 35 heavy (non-hydrogen) atoms. The smallest absolute Gasteiger partial charge is 0.229 e. The van der Waals surface area contributed by atoms with Gasteiger partial charge in [0.2, 0.25) is 5.95 Å². The highest BCUT2D eigenvalue weighted by atomic mass is 16.5. The fraction of sp³-hybridized carbons (Fsp3) is 0.520. The van der Waals surface area contributed by atoms with E-state index < -0.39 is 0 Å². The highest BCUT2D eigenvalue weighted by Gasteiger charge is 2.42. The minimum absolute atomic E-state index is 0.234. The van der Waals surface area contributed by atoms with Crippen LogP contribution >= 0.6 is 0 Å². The molecule has 1 fully saturated rings. The normalized spacial score (nSPS) is 20.9. The largest absolute Gasteiger partial charge is 0.384 e. The molecule has 186 valence electrons. The molecule has 2 N–H and O–H groups in total. The predicted molar refractivity (Wildman–Crippen MR) is 137 cm³/mol. The summed E-state index contributed by atoms with van der Waals surface area (Å²) in [5.41, 5.74) is 2.71. The number of aromatic nitrogens is 5. The molecular formula is C25H35N9O. The van der Waals surface area contributed by atoms with Crippen LogP contribution in [0.15, 0.2) is 36.8 Å². The van der Waals surface area contributed by atoms with E-state index in [2.05, 4.69) is 55.4 Å². The van der Waals surface area contributed by atoms with Gasteiger partial charge in [0.05, 0.1) is 30.2 Å². The zero-order valence-corrected chi connectivity index (χ0v) is 21.0. The monoisotopic (exact) mass is 477 g/mol. The van der Waals surface area contributed by atoms with Gasteiger partial charge in [0.15, 0.2) is 0 Å². The van der Waals surface area contributed by atoms with Crippen molar-refractivity contribution in [1.82, 2.24) is 34.9 Å². The van der Waals surface area contributed by atoms with Crippen molar-refractivity contribution in [3.8, 4) is 0 Å². The molecule has 0 spiro atoms. The van der Waals surface area contributed by atoms with Gasteiger partial charge in [-0.05, 0) is 52.2 Å². The molecule has 3 aromatic rings. The van der Waals surface area contributed by atoms with Gasteiger partial charge in [0.25, 0.3) is 0 Å². The zero-order valence-electron chi connectivity index (χ0n) is 21.0. The van der Waals surface area contributed by atoms with E-state index in [1.165, 1.54) is 0 Å². The van der Waals surface area contributed by atoms with Crippen LogP contribution in [0, 0.1) is 0 Å². The lowest BCUT2D eigenvalue weighted by molar-refractivity contribution is 0.145. The van der Waals surface area contributed by atoms with Crippen LogP contribution in [0.5, 0.6) is 0 Å². The number of nitrogens with one attached hydrogen (secondary N) is 2. The second-order valence-corrected chi connectivity index (χ2v) is 9.90. The predicted octanol–water partition coefficient (Wildman–Crippen LogP) is 2.85. The van der Waals surface area contributed by atoms with Crippen LogP contribution in [0.4, 0.5) is 23.3 Å². The summed E-state index contributed by atoms with van der Waals surface area (Å²) in [6.45, 7) is 6.39. The van der Waals surface area contributed by atoms with Gasteiger partial charge in [-0.3, -0.25) is 4.68 Å². The fourth-order valence-corrected chi connectivity index (χ4v) is 5.09. The van der Waals surface area contributed by atoms with Crippen molar-refractivity contribution in [2.24, 2.45) is 0 Å². The van der Waals surface area contributed by atoms with Crippen LogP contribution in [0.2, 0.25) is 0 Å². The van der Waals surface area contributed by atoms with Crippen LogP contribution in [-0.2, 0) is 16.7 Å². The summed E-state index contributed by atoms with van der Waals surface area (Å²) in [4.78, 5) is 19.0. The second kappa shape index (κ2) is 9.88. The zero-order chi connectivity index (χ0) is 24.4. The number of anilines is 4. The molecule has 0 aliphatic carbocycles. The molecule has 3 aromatic heterocycles. The van der Waals surface area contributed by atoms with E-state index in [1.807, 2.05) is 37.6 Å². The highest BCUT2D eigenvalue weighted by molar-refractivity contribution is 5.68. The minimum atomic E-state index is -0.234. The van der Waals surface area contributed by atoms with E-state index in [0.717, 1.165) is 61.1 Å². The highest BCUT2D eigenvalue weighted by Crippen LogP contribution is 2.43. The summed E-state index contributed by atoms with van der Waals surface area (Å²) in [5, 5.41) is 11.1. The molecule has 0 amide bonds. The molecule has 0 aromatic carbocycles. The number of pyridine rings is 1. The van der Waals surface area contributed by atoms with Crippen molar-refractivity contribution >= 4 is 23.3 Å². The number of fused-ring (bicyclic) bond motifs is 1. The first-order valence-electron chi connectivity index (χ1n) is 12.2. The number of ether oxygens (including phenoxy) is 1. The van der Waals surface area contributed by atoms with Crippen molar-refractivity contribution in [3.05, 3.63) is 48.0 Å². The molecule has 10 nitrogen and oxygen atoms in total. The van der Waals surface area contributed by atoms with Gasteiger partial charge in [-0.2, -0.15) is 10.1 Å². The van der Waals surface area contributed by atoms with Crippen LogP contribution in [0.3, 0.4) is 0 Å². The molecular weight excluding hydrogens is 442 g/mol. The van der Waals surface area contributed by atoms with Gasteiger partial charge in [-0.25, -0.2) is 9.97 Å². The summed E-state index contributed by atoms with van der Waals surface area (Å²) >= 11 is 0.